The summed E-state index contributed by atoms with van der Waals surface area (Å²) in [6.07, 6.45) is 5.02. The summed E-state index contributed by atoms with van der Waals surface area (Å²) in [6, 6.07) is 5.66. The van der Waals surface area contributed by atoms with Crippen molar-refractivity contribution in [3.8, 4) is 5.82 Å². The smallest absolute Gasteiger partial charge is 0.176 e. The van der Waals surface area contributed by atoms with Gasteiger partial charge in [-0.15, -0.1) is 15.0 Å². The minimum atomic E-state index is 0.674. The highest BCUT2D eigenvalue weighted by Crippen LogP contribution is 2.15. The number of nitrogens with one attached hydrogen (secondary N) is 1. The van der Waals surface area contributed by atoms with Crippen LogP contribution in [0.25, 0.3) is 5.82 Å². The Bertz CT molecular complexity index is 488. The van der Waals surface area contributed by atoms with Gasteiger partial charge in [0.25, 0.3) is 0 Å². The van der Waals surface area contributed by atoms with Crippen molar-refractivity contribution in [1.82, 2.24) is 30.5 Å². The summed E-state index contributed by atoms with van der Waals surface area (Å²) in [5.41, 5.74) is 0. The Labute approximate surface area is 105 Å². The fourth-order valence-corrected chi connectivity index (χ4v) is 2.24. The van der Waals surface area contributed by atoms with Crippen molar-refractivity contribution in [3.63, 3.8) is 0 Å². The molecule has 0 amide bonds. The zero-order chi connectivity index (χ0) is 12.2. The Kier molecular flexibility index (Phi) is 3.27. The number of tetrazole rings is 1. The van der Waals surface area contributed by atoms with Gasteiger partial charge in [-0.1, -0.05) is 6.07 Å². The number of aromatic nitrogens is 5. The van der Waals surface area contributed by atoms with Crippen LogP contribution in [0.1, 0.15) is 18.7 Å². The summed E-state index contributed by atoms with van der Waals surface area (Å²) in [7, 11) is 0. The molecule has 6 heteroatoms. The molecule has 0 aliphatic carbocycles. The first-order chi connectivity index (χ1) is 8.92. The molecular formula is C12H16N6. The number of piperidine rings is 1. The van der Waals surface area contributed by atoms with Gasteiger partial charge < -0.3 is 5.32 Å². The zero-order valence-electron chi connectivity index (χ0n) is 10.2. The SMILES string of the molecule is c1ccc(-n2nnc(CC3CCNCC3)n2)nc1. The lowest BCUT2D eigenvalue weighted by Gasteiger charge is -2.20. The maximum Gasteiger partial charge on any atom is 0.176 e. The molecule has 0 radical (unpaired) electrons. The molecule has 1 fully saturated rings. The lowest BCUT2D eigenvalue weighted by molar-refractivity contribution is 0.367. The predicted molar refractivity (Wildman–Crippen MR) is 66.2 cm³/mol. The molecule has 3 rings (SSSR count). The molecule has 1 aliphatic rings. The van der Waals surface area contributed by atoms with E-state index in [0.29, 0.717) is 11.7 Å². The minimum Gasteiger partial charge on any atom is -0.317 e. The van der Waals surface area contributed by atoms with E-state index in [1.165, 1.54) is 17.6 Å². The second kappa shape index (κ2) is 5.22. The normalized spacial score (nSPS) is 16.9. The van der Waals surface area contributed by atoms with Gasteiger partial charge in [0, 0.05) is 12.6 Å². The molecule has 1 N–H and O–H groups in total. The summed E-state index contributed by atoms with van der Waals surface area (Å²) < 4.78 is 0. The minimum absolute atomic E-state index is 0.674. The van der Waals surface area contributed by atoms with Crippen molar-refractivity contribution in [2.45, 2.75) is 19.3 Å². The first kappa shape index (κ1) is 11.3. The van der Waals surface area contributed by atoms with E-state index in [0.717, 1.165) is 25.3 Å². The maximum atomic E-state index is 4.39. The number of rotatable bonds is 3. The van der Waals surface area contributed by atoms with Gasteiger partial charge in [-0.2, -0.15) is 0 Å². The Morgan fingerprint density at radius 2 is 2.17 bits per heavy atom. The third kappa shape index (κ3) is 2.53. The quantitative estimate of drug-likeness (QED) is 0.856. The molecule has 0 spiro atoms. The van der Waals surface area contributed by atoms with Gasteiger partial charge in [-0.3, -0.25) is 0 Å². The van der Waals surface area contributed by atoms with Crippen LogP contribution in [0.3, 0.4) is 0 Å². The molecule has 1 aliphatic heterocycles. The Balaban J connectivity index is 1.69. The fraction of sp³-hybridized carbons (Fsp3) is 0.500. The molecule has 0 saturated carbocycles. The molecule has 0 atom stereocenters. The third-order valence-corrected chi connectivity index (χ3v) is 3.24. The zero-order valence-corrected chi connectivity index (χ0v) is 10.2. The van der Waals surface area contributed by atoms with Crippen molar-refractivity contribution >= 4 is 0 Å². The van der Waals surface area contributed by atoms with Crippen LogP contribution in [0.5, 0.6) is 0 Å². The first-order valence-corrected chi connectivity index (χ1v) is 6.33. The lowest BCUT2D eigenvalue weighted by Crippen LogP contribution is -2.28. The fourth-order valence-electron chi connectivity index (χ4n) is 2.24. The maximum absolute atomic E-state index is 4.39. The monoisotopic (exact) mass is 244 g/mol. The van der Waals surface area contributed by atoms with Crippen LogP contribution in [-0.2, 0) is 6.42 Å². The average Bonchev–Trinajstić information content (AvgIpc) is 2.89. The van der Waals surface area contributed by atoms with Crippen LogP contribution >= 0.6 is 0 Å². The number of hydrogen-bond donors (Lipinski definition) is 1. The van der Waals surface area contributed by atoms with Gasteiger partial charge in [0.05, 0.1) is 0 Å². The van der Waals surface area contributed by atoms with Gasteiger partial charge >= 0.3 is 0 Å². The lowest BCUT2D eigenvalue weighted by atomic mass is 9.94. The highest BCUT2D eigenvalue weighted by molar-refractivity contribution is 5.17. The Morgan fingerprint density at radius 1 is 1.28 bits per heavy atom. The molecule has 0 bridgehead atoms. The first-order valence-electron chi connectivity index (χ1n) is 6.33. The van der Waals surface area contributed by atoms with E-state index in [-0.39, 0.29) is 0 Å². The van der Waals surface area contributed by atoms with Crippen LogP contribution in [0.15, 0.2) is 24.4 Å². The highest BCUT2D eigenvalue weighted by Gasteiger charge is 2.16. The molecule has 6 nitrogen and oxygen atoms in total. The van der Waals surface area contributed by atoms with Crippen LogP contribution in [-0.4, -0.2) is 38.3 Å². The second-order valence-corrected chi connectivity index (χ2v) is 4.58. The molecule has 94 valence electrons. The van der Waals surface area contributed by atoms with E-state index in [2.05, 4.69) is 25.7 Å². The molecular weight excluding hydrogens is 228 g/mol. The Morgan fingerprint density at radius 3 is 2.94 bits per heavy atom. The predicted octanol–water partition coefficient (Wildman–Crippen LogP) is 0.599. The van der Waals surface area contributed by atoms with Crippen LogP contribution in [0, 0.1) is 5.92 Å². The summed E-state index contributed by atoms with van der Waals surface area (Å²) in [6.45, 7) is 2.19. The van der Waals surface area contributed by atoms with E-state index < -0.39 is 0 Å². The molecule has 0 aromatic carbocycles. The van der Waals surface area contributed by atoms with Crippen molar-refractivity contribution in [1.29, 1.82) is 0 Å². The van der Waals surface area contributed by atoms with Crippen molar-refractivity contribution in [3.05, 3.63) is 30.2 Å². The van der Waals surface area contributed by atoms with Gasteiger partial charge in [-0.25, -0.2) is 4.98 Å². The highest BCUT2D eigenvalue weighted by atomic mass is 15.6. The molecule has 2 aromatic heterocycles. The van der Waals surface area contributed by atoms with Crippen molar-refractivity contribution in [2.24, 2.45) is 5.92 Å². The molecule has 18 heavy (non-hydrogen) atoms. The van der Waals surface area contributed by atoms with E-state index in [9.17, 15) is 0 Å². The third-order valence-electron chi connectivity index (χ3n) is 3.24. The summed E-state index contributed by atoms with van der Waals surface area (Å²) in [5.74, 6) is 2.20. The van der Waals surface area contributed by atoms with Gasteiger partial charge in [0.15, 0.2) is 11.6 Å². The molecule has 1 saturated heterocycles. The van der Waals surface area contributed by atoms with Gasteiger partial charge in [0.1, 0.15) is 0 Å². The number of pyridine rings is 1. The van der Waals surface area contributed by atoms with Crippen molar-refractivity contribution in [2.75, 3.05) is 13.1 Å². The van der Waals surface area contributed by atoms with Gasteiger partial charge in [0.2, 0.25) is 0 Å². The van der Waals surface area contributed by atoms with E-state index in [1.807, 2.05) is 18.2 Å². The number of nitrogens with zero attached hydrogens (tertiary/aromatic N) is 5. The standard InChI is InChI=1S/C12H16N6/c1-2-6-14-12(3-1)18-16-11(15-17-18)9-10-4-7-13-8-5-10/h1-3,6,10,13H,4-5,7-9H2. The van der Waals surface area contributed by atoms with E-state index in [4.69, 9.17) is 0 Å². The second-order valence-electron chi connectivity index (χ2n) is 4.58. The summed E-state index contributed by atoms with van der Waals surface area (Å²) >= 11 is 0. The average molecular weight is 244 g/mol. The Hall–Kier alpha value is -1.82. The van der Waals surface area contributed by atoms with E-state index >= 15 is 0 Å². The van der Waals surface area contributed by atoms with Crippen LogP contribution < -0.4 is 5.32 Å². The van der Waals surface area contributed by atoms with Crippen LogP contribution in [0.2, 0.25) is 0 Å². The molecule has 3 heterocycles. The number of hydrogen-bond acceptors (Lipinski definition) is 5. The summed E-state index contributed by atoms with van der Waals surface area (Å²) in [5, 5.41) is 15.9. The van der Waals surface area contributed by atoms with Crippen molar-refractivity contribution < 1.29 is 0 Å². The topological polar surface area (TPSA) is 68.5 Å². The molecule has 2 aromatic rings. The largest absolute Gasteiger partial charge is 0.317 e. The van der Waals surface area contributed by atoms with E-state index in [1.54, 1.807) is 6.20 Å². The molecule has 0 unspecified atom stereocenters. The van der Waals surface area contributed by atoms with Gasteiger partial charge in [-0.05, 0) is 49.2 Å². The summed E-state index contributed by atoms with van der Waals surface area (Å²) in [4.78, 5) is 5.69. The van der Waals surface area contributed by atoms with Crippen LogP contribution in [0.4, 0.5) is 0 Å².